The Labute approximate surface area is 388 Å². The van der Waals surface area contributed by atoms with Crippen molar-refractivity contribution in [3.8, 4) is 0 Å². The first-order chi connectivity index (χ1) is 30.7. The Bertz CT molecular complexity index is 1700. The van der Waals surface area contributed by atoms with Crippen molar-refractivity contribution in [1.29, 1.82) is 0 Å². The van der Waals surface area contributed by atoms with Crippen LogP contribution in [0.5, 0.6) is 0 Å². The van der Waals surface area contributed by atoms with E-state index < -0.39 is 151 Å². The molecule has 0 aromatic carbocycles. The topological polar surface area (TPSA) is 298 Å². The van der Waals surface area contributed by atoms with Crippen LogP contribution in [0.3, 0.4) is 0 Å². The number of allylic oxidation sites excluding steroid dienone is 2. The molecule has 7 rings (SSSR count). The van der Waals surface area contributed by atoms with Crippen molar-refractivity contribution in [2.24, 2.45) is 45.3 Å². The molecule has 26 atom stereocenters. The quantitative estimate of drug-likeness (QED) is 0.0904. The lowest BCUT2D eigenvalue weighted by Crippen LogP contribution is -2.71. The van der Waals surface area contributed by atoms with E-state index in [2.05, 4.69) is 26.8 Å². The number of aliphatic hydroxyl groups excluding tert-OH is 12. The van der Waals surface area contributed by atoms with Gasteiger partial charge in [-0.2, -0.15) is 0 Å². The molecular formula is C48H82O18. The molecule has 3 aliphatic heterocycles. The average Bonchev–Trinajstić information content (AvgIpc) is 3.64. The second-order valence-corrected chi connectivity index (χ2v) is 23.0. The third-order valence-electron chi connectivity index (χ3n) is 18.7. The molecule has 12 N–H and O–H groups in total. The molecule has 0 bridgehead atoms. The summed E-state index contributed by atoms with van der Waals surface area (Å²) in [4.78, 5) is 0. The Kier molecular flexibility index (Phi) is 15.4. The highest BCUT2D eigenvalue weighted by Crippen LogP contribution is 2.76. The molecule has 4 saturated carbocycles. The summed E-state index contributed by atoms with van der Waals surface area (Å²) in [6, 6.07) is 0. The summed E-state index contributed by atoms with van der Waals surface area (Å²) in [6.45, 7) is 16.8. The summed E-state index contributed by atoms with van der Waals surface area (Å²) in [5, 5.41) is 132. The van der Waals surface area contributed by atoms with Gasteiger partial charge in [0.2, 0.25) is 0 Å². The molecule has 0 amide bonds. The van der Waals surface area contributed by atoms with Crippen LogP contribution in [0.15, 0.2) is 11.6 Å². The molecule has 4 aliphatic carbocycles. The van der Waals surface area contributed by atoms with Crippen LogP contribution in [0, 0.1) is 45.3 Å². The molecule has 0 spiro atoms. The normalized spacial score (nSPS) is 53.5. The van der Waals surface area contributed by atoms with Gasteiger partial charge in [0.1, 0.15) is 67.1 Å². The first-order valence-corrected chi connectivity index (χ1v) is 24.3. The Hall–Kier alpha value is -0.980. The molecule has 3 heterocycles. The zero-order valence-electron chi connectivity index (χ0n) is 40.2. The Balaban J connectivity index is 1.27. The SMILES string of the molecule is CC(C)=CCC[C@](C)(O[C@@H]1O[C@H](CO)[C@@H](O)[C@H](O)[C@H]1O)[C@H]1CC[C@]2(C)[C@@H]1[C@H](O)C[C@@H]1[C@@]3(C)CC[C@H](O)C(C)(C)[C@@H]3[C@@H](O[C@@H]3O[C@H](CO)[C@@H](O)[C@H](O)[C@H]3O[C@@H]3O[C@@H](C)[C@H](O)C(O)[C@H]3O)C[C@]12C. The smallest absolute Gasteiger partial charge is 0.187 e. The van der Waals surface area contributed by atoms with Crippen molar-refractivity contribution in [1.82, 2.24) is 0 Å². The van der Waals surface area contributed by atoms with E-state index in [1.54, 1.807) is 0 Å². The summed E-state index contributed by atoms with van der Waals surface area (Å²) < 4.78 is 38.1. The minimum atomic E-state index is -1.75. The fourth-order valence-electron chi connectivity index (χ4n) is 14.9. The molecule has 382 valence electrons. The first kappa shape index (κ1) is 52.8. The third kappa shape index (κ3) is 8.69. The summed E-state index contributed by atoms with van der Waals surface area (Å²) in [7, 11) is 0. The lowest BCUT2D eigenvalue weighted by molar-refractivity contribution is -0.382. The highest BCUT2D eigenvalue weighted by molar-refractivity contribution is 5.22. The highest BCUT2D eigenvalue weighted by Gasteiger charge is 2.74. The number of hydrogen-bond acceptors (Lipinski definition) is 18. The minimum Gasteiger partial charge on any atom is -0.394 e. The Morgan fingerprint density at radius 2 is 1.27 bits per heavy atom. The van der Waals surface area contributed by atoms with Crippen molar-refractivity contribution >= 4 is 0 Å². The molecule has 1 unspecified atom stereocenters. The van der Waals surface area contributed by atoms with Crippen molar-refractivity contribution in [2.75, 3.05) is 13.2 Å². The van der Waals surface area contributed by atoms with Gasteiger partial charge in [-0.05, 0) is 124 Å². The van der Waals surface area contributed by atoms with Gasteiger partial charge in [0.15, 0.2) is 18.9 Å². The average molecular weight is 947 g/mol. The van der Waals surface area contributed by atoms with Crippen molar-refractivity contribution in [2.45, 2.75) is 230 Å². The molecular weight excluding hydrogens is 865 g/mol. The van der Waals surface area contributed by atoms with Crippen LogP contribution < -0.4 is 0 Å². The maximum absolute atomic E-state index is 12.7. The molecule has 7 fully saturated rings. The van der Waals surface area contributed by atoms with E-state index >= 15 is 0 Å². The first-order valence-electron chi connectivity index (χ1n) is 24.3. The van der Waals surface area contributed by atoms with Gasteiger partial charge in [-0.1, -0.05) is 46.3 Å². The van der Waals surface area contributed by atoms with Gasteiger partial charge in [-0.15, -0.1) is 0 Å². The second kappa shape index (κ2) is 19.2. The number of ether oxygens (including phenoxy) is 6. The van der Waals surface area contributed by atoms with E-state index in [0.717, 1.165) is 5.57 Å². The van der Waals surface area contributed by atoms with E-state index in [4.69, 9.17) is 28.4 Å². The number of fused-ring (bicyclic) bond motifs is 5. The van der Waals surface area contributed by atoms with Gasteiger partial charge in [0, 0.05) is 0 Å². The second-order valence-electron chi connectivity index (χ2n) is 23.0. The molecule has 18 nitrogen and oxygen atoms in total. The predicted octanol–water partition coefficient (Wildman–Crippen LogP) is -0.0284. The molecule has 3 saturated heterocycles. The van der Waals surface area contributed by atoms with E-state index in [-0.39, 0.29) is 23.7 Å². The largest absolute Gasteiger partial charge is 0.394 e. The van der Waals surface area contributed by atoms with E-state index in [0.29, 0.717) is 51.4 Å². The van der Waals surface area contributed by atoms with Crippen LogP contribution in [-0.2, 0) is 28.4 Å². The molecule has 7 aliphatic rings. The van der Waals surface area contributed by atoms with Gasteiger partial charge in [0.05, 0.1) is 43.2 Å². The summed E-state index contributed by atoms with van der Waals surface area (Å²) in [5.41, 5.74) is -2.43. The van der Waals surface area contributed by atoms with Crippen molar-refractivity contribution in [3.05, 3.63) is 11.6 Å². The van der Waals surface area contributed by atoms with Gasteiger partial charge >= 0.3 is 0 Å². The van der Waals surface area contributed by atoms with Crippen LogP contribution in [0.1, 0.15) is 114 Å². The number of rotatable bonds is 12. The number of hydrogen-bond donors (Lipinski definition) is 12. The monoisotopic (exact) mass is 947 g/mol. The lowest BCUT2D eigenvalue weighted by atomic mass is 9.34. The minimum absolute atomic E-state index is 0.0861. The van der Waals surface area contributed by atoms with Gasteiger partial charge < -0.3 is 89.7 Å². The summed E-state index contributed by atoms with van der Waals surface area (Å²) >= 11 is 0. The van der Waals surface area contributed by atoms with Gasteiger partial charge in [0.25, 0.3) is 0 Å². The molecule has 0 aromatic rings. The van der Waals surface area contributed by atoms with Gasteiger partial charge in [-0.25, -0.2) is 0 Å². The van der Waals surface area contributed by atoms with E-state index in [1.807, 2.05) is 34.6 Å². The fraction of sp³-hybridized carbons (Fsp3) is 0.958. The zero-order valence-corrected chi connectivity index (χ0v) is 40.2. The van der Waals surface area contributed by atoms with Crippen LogP contribution in [0.2, 0.25) is 0 Å². The Morgan fingerprint density at radius 3 is 1.89 bits per heavy atom. The molecule has 0 aromatic heterocycles. The molecule has 66 heavy (non-hydrogen) atoms. The van der Waals surface area contributed by atoms with Crippen LogP contribution in [0.4, 0.5) is 0 Å². The van der Waals surface area contributed by atoms with E-state index in [9.17, 15) is 61.3 Å². The third-order valence-corrected chi connectivity index (χ3v) is 18.7. The van der Waals surface area contributed by atoms with Crippen LogP contribution >= 0.6 is 0 Å². The van der Waals surface area contributed by atoms with Gasteiger partial charge in [-0.3, -0.25) is 0 Å². The Morgan fingerprint density at radius 1 is 0.682 bits per heavy atom. The fourth-order valence-corrected chi connectivity index (χ4v) is 14.9. The lowest BCUT2D eigenvalue weighted by Gasteiger charge is -2.72. The van der Waals surface area contributed by atoms with Crippen LogP contribution in [-0.4, -0.2) is 191 Å². The summed E-state index contributed by atoms with van der Waals surface area (Å²) in [6.07, 6.45) is -18.3. The molecule has 18 heteroatoms. The van der Waals surface area contributed by atoms with E-state index in [1.165, 1.54) is 6.92 Å². The highest BCUT2D eigenvalue weighted by atomic mass is 16.8. The maximum Gasteiger partial charge on any atom is 0.187 e. The van der Waals surface area contributed by atoms with Crippen molar-refractivity contribution < 1.29 is 89.7 Å². The predicted molar refractivity (Wildman–Crippen MR) is 234 cm³/mol. The van der Waals surface area contributed by atoms with Crippen molar-refractivity contribution in [3.63, 3.8) is 0 Å². The van der Waals surface area contributed by atoms with Crippen LogP contribution in [0.25, 0.3) is 0 Å². The zero-order chi connectivity index (χ0) is 48.8. The molecule has 0 radical (unpaired) electrons. The standard InChI is InChI=1S/C48H82O18/c1-21(2)11-10-14-48(9,66-42-38(60)35(57)32(54)26(19-49)63-42)23-12-16-46(7)30(23)24(51)17-28-45(6)15-13-29(52)44(4,5)40(45)25(18-47(28,46)8)62-43-39(36(58)33(55)27(20-50)64-43)65-41-37(59)34(56)31(53)22(3)61-41/h11,22-43,49-60H,10,12-20H2,1-9H3/t22-,23-,24+,25-,26+,27+,28+,29-,30-,31-,32+,33+,34?,35-,36-,37+,38+,39+,40-,41-,42-,43+,45+,46+,47+,48-/m0/s1. The maximum atomic E-state index is 12.7. The summed E-state index contributed by atoms with van der Waals surface area (Å²) in [5.74, 6) is -1.12. The number of aliphatic hydroxyl groups is 12.